The highest BCUT2D eigenvalue weighted by Crippen LogP contribution is 2.49. The molecule has 0 amide bonds. The van der Waals surface area contributed by atoms with Crippen LogP contribution in [-0.2, 0) is 4.75 Å². The molecular weight excluding hydrogens is 223 g/mol. The SMILES string of the molecule is CC1(c2ccc(Cl)c(Cl)c2)CCS1. The quantitative estimate of drug-likeness (QED) is 0.695. The molecule has 2 rings (SSSR count). The molecule has 0 aromatic heterocycles. The molecule has 70 valence electrons. The number of rotatable bonds is 1. The highest BCUT2D eigenvalue weighted by Gasteiger charge is 2.34. The molecule has 1 unspecified atom stereocenters. The molecular formula is C10H10Cl2S. The molecule has 0 N–H and O–H groups in total. The van der Waals surface area contributed by atoms with Crippen LogP contribution in [0.2, 0.25) is 10.0 Å². The maximum Gasteiger partial charge on any atom is 0.0595 e. The van der Waals surface area contributed by atoms with E-state index in [4.69, 9.17) is 23.2 Å². The molecule has 1 saturated heterocycles. The van der Waals surface area contributed by atoms with Gasteiger partial charge < -0.3 is 0 Å². The van der Waals surface area contributed by atoms with E-state index in [0.717, 1.165) is 0 Å². The summed E-state index contributed by atoms with van der Waals surface area (Å²) in [5.74, 6) is 1.25. The van der Waals surface area contributed by atoms with Crippen LogP contribution in [0.25, 0.3) is 0 Å². The van der Waals surface area contributed by atoms with Gasteiger partial charge in [0.1, 0.15) is 0 Å². The van der Waals surface area contributed by atoms with Gasteiger partial charge in [-0.2, -0.15) is 11.8 Å². The van der Waals surface area contributed by atoms with Crippen LogP contribution < -0.4 is 0 Å². The first-order valence-corrected chi connectivity index (χ1v) is 5.95. The Morgan fingerprint density at radius 3 is 2.46 bits per heavy atom. The Morgan fingerprint density at radius 2 is 2.00 bits per heavy atom. The number of benzene rings is 1. The minimum Gasteiger partial charge on any atom is -0.151 e. The Labute approximate surface area is 92.6 Å². The third-order valence-electron chi connectivity index (χ3n) is 2.53. The fourth-order valence-electron chi connectivity index (χ4n) is 1.46. The lowest BCUT2D eigenvalue weighted by Gasteiger charge is -2.38. The van der Waals surface area contributed by atoms with Crippen LogP contribution in [0, 0.1) is 0 Å². The lowest BCUT2D eigenvalue weighted by Crippen LogP contribution is -2.27. The highest BCUT2D eigenvalue weighted by atomic mass is 35.5. The molecule has 3 heteroatoms. The third kappa shape index (κ3) is 1.70. The van der Waals surface area contributed by atoms with Crippen LogP contribution in [0.15, 0.2) is 18.2 Å². The van der Waals surface area contributed by atoms with E-state index in [0.29, 0.717) is 10.0 Å². The zero-order valence-electron chi connectivity index (χ0n) is 7.31. The van der Waals surface area contributed by atoms with Crippen molar-refractivity contribution >= 4 is 35.0 Å². The van der Waals surface area contributed by atoms with Crippen molar-refractivity contribution in [1.82, 2.24) is 0 Å². The van der Waals surface area contributed by atoms with E-state index in [1.165, 1.54) is 17.7 Å². The number of hydrogen-bond donors (Lipinski definition) is 0. The van der Waals surface area contributed by atoms with Gasteiger partial charge in [0.15, 0.2) is 0 Å². The molecule has 1 fully saturated rings. The van der Waals surface area contributed by atoms with E-state index < -0.39 is 0 Å². The van der Waals surface area contributed by atoms with Crippen molar-refractivity contribution in [2.45, 2.75) is 18.1 Å². The van der Waals surface area contributed by atoms with E-state index >= 15 is 0 Å². The van der Waals surface area contributed by atoms with Gasteiger partial charge in [0.05, 0.1) is 10.0 Å². The predicted molar refractivity (Wildman–Crippen MR) is 60.9 cm³/mol. The van der Waals surface area contributed by atoms with Crippen LogP contribution in [0.1, 0.15) is 18.9 Å². The lowest BCUT2D eigenvalue weighted by atomic mass is 9.96. The summed E-state index contributed by atoms with van der Waals surface area (Å²) in [5, 5.41) is 1.30. The average molecular weight is 233 g/mol. The normalized spacial score (nSPS) is 27.0. The molecule has 1 aromatic rings. The van der Waals surface area contributed by atoms with Gasteiger partial charge in [0, 0.05) is 4.75 Å². The van der Waals surface area contributed by atoms with Gasteiger partial charge in [-0.25, -0.2) is 0 Å². The molecule has 1 aliphatic heterocycles. The van der Waals surface area contributed by atoms with Gasteiger partial charge in [-0.3, -0.25) is 0 Å². The summed E-state index contributed by atoms with van der Waals surface area (Å²) in [7, 11) is 0. The van der Waals surface area contributed by atoms with Gasteiger partial charge in [-0.1, -0.05) is 29.3 Å². The minimum atomic E-state index is 0.272. The summed E-state index contributed by atoms with van der Waals surface area (Å²) in [6, 6.07) is 5.93. The van der Waals surface area contributed by atoms with Crippen LogP contribution in [0.3, 0.4) is 0 Å². The molecule has 0 bridgehead atoms. The van der Waals surface area contributed by atoms with Crippen LogP contribution in [0.5, 0.6) is 0 Å². The van der Waals surface area contributed by atoms with E-state index in [-0.39, 0.29) is 4.75 Å². The Bertz CT molecular complexity index is 332. The summed E-state index contributed by atoms with van der Waals surface area (Å²) in [6.07, 6.45) is 1.23. The van der Waals surface area contributed by atoms with Gasteiger partial charge in [0.2, 0.25) is 0 Å². The first kappa shape index (κ1) is 9.70. The highest BCUT2D eigenvalue weighted by molar-refractivity contribution is 8.01. The molecule has 0 nitrogen and oxygen atoms in total. The maximum absolute atomic E-state index is 5.96. The van der Waals surface area contributed by atoms with Crippen molar-refractivity contribution < 1.29 is 0 Å². The standard InChI is InChI=1S/C10H10Cl2S/c1-10(4-5-13-10)7-2-3-8(11)9(12)6-7/h2-3,6H,4-5H2,1H3. The van der Waals surface area contributed by atoms with Crippen molar-refractivity contribution in [3.8, 4) is 0 Å². The Kier molecular flexibility index (Phi) is 2.52. The minimum absolute atomic E-state index is 0.272. The second-order valence-electron chi connectivity index (χ2n) is 3.46. The van der Waals surface area contributed by atoms with Gasteiger partial charge in [-0.05, 0) is 36.8 Å². The van der Waals surface area contributed by atoms with Crippen LogP contribution in [0.4, 0.5) is 0 Å². The number of thioether (sulfide) groups is 1. The van der Waals surface area contributed by atoms with Crippen molar-refractivity contribution in [2.24, 2.45) is 0 Å². The summed E-state index contributed by atoms with van der Waals surface area (Å²) in [6.45, 7) is 2.25. The number of halogens is 2. The van der Waals surface area contributed by atoms with Crippen LogP contribution >= 0.6 is 35.0 Å². The molecule has 13 heavy (non-hydrogen) atoms. The van der Waals surface area contributed by atoms with Gasteiger partial charge in [-0.15, -0.1) is 0 Å². The van der Waals surface area contributed by atoms with E-state index in [1.54, 1.807) is 0 Å². The largest absolute Gasteiger partial charge is 0.151 e. The predicted octanol–water partition coefficient (Wildman–Crippen LogP) is 4.35. The van der Waals surface area contributed by atoms with E-state index in [9.17, 15) is 0 Å². The van der Waals surface area contributed by atoms with Crippen molar-refractivity contribution in [2.75, 3.05) is 5.75 Å². The van der Waals surface area contributed by atoms with Crippen molar-refractivity contribution in [3.63, 3.8) is 0 Å². The fourth-order valence-corrected chi connectivity index (χ4v) is 2.87. The summed E-state index contributed by atoms with van der Waals surface area (Å²) in [5.41, 5.74) is 1.29. The molecule has 0 spiro atoms. The van der Waals surface area contributed by atoms with Gasteiger partial charge >= 0.3 is 0 Å². The monoisotopic (exact) mass is 232 g/mol. The summed E-state index contributed by atoms with van der Waals surface area (Å²) < 4.78 is 0.272. The fraction of sp³-hybridized carbons (Fsp3) is 0.400. The van der Waals surface area contributed by atoms with E-state index in [2.05, 4.69) is 13.0 Å². The molecule has 1 aromatic carbocycles. The molecule has 1 heterocycles. The first-order valence-electron chi connectivity index (χ1n) is 4.21. The number of hydrogen-bond acceptors (Lipinski definition) is 1. The zero-order valence-corrected chi connectivity index (χ0v) is 9.64. The lowest BCUT2D eigenvalue weighted by molar-refractivity contribution is 0.626. The molecule has 0 aliphatic carbocycles. The zero-order chi connectivity index (χ0) is 9.47. The molecule has 0 saturated carbocycles. The summed E-state index contributed by atoms with van der Waals surface area (Å²) >= 11 is 13.8. The van der Waals surface area contributed by atoms with Crippen molar-refractivity contribution in [3.05, 3.63) is 33.8 Å². The second-order valence-corrected chi connectivity index (χ2v) is 5.87. The first-order chi connectivity index (χ1) is 6.12. The smallest absolute Gasteiger partial charge is 0.0595 e. The Hall–Kier alpha value is 0.150. The molecule has 1 aliphatic rings. The van der Waals surface area contributed by atoms with E-state index in [1.807, 2.05) is 23.9 Å². The Morgan fingerprint density at radius 1 is 1.31 bits per heavy atom. The van der Waals surface area contributed by atoms with Crippen LogP contribution in [-0.4, -0.2) is 5.75 Å². The third-order valence-corrected chi connectivity index (χ3v) is 4.75. The van der Waals surface area contributed by atoms with Gasteiger partial charge in [0.25, 0.3) is 0 Å². The molecule has 1 atom stereocenters. The topological polar surface area (TPSA) is 0 Å². The second kappa shape index (κ2) is 3.38. The maximum atomic E-state index is 5.96. The average Bonchev–Trinajstić information content (AvgIpc) is 2.06. The summed E-state index contributed by atoms with van der Waals surface area (Å²) in [4.78, 5) is 0. The Balaban J connectivity index is 2.36. The van der Waals surface area contributed by atoms with Crippen molar-refractivity contribution in [1.29, 1.82) is 0 Å². The molecule has 0 radical (unpaired) electrons.